The van der Waals surface area contributed by atoms with Crippen LogP contribution in [0.3, 0.4) is 0 Å². The van der Waals surface area contributed by atoms with Gasteiger partial charge in [-0.3, -0.25) is 9.36 Å². The van der Waals surface area contributed by atoms with E-state index in [9.17, 15) is 4.79 Å². The van der Waals surface area contributed by atoms with E-state index in [2.05, 4.69) is 22.3 Å². The van der Waals surface area contributed by atoms with Crippen molar-refractivity contribution in [3.05, 3.63) is 119 Å². The van der Waals surface area contributed by atoms with Crippen molar-refractivity contribution in [1.82, 2.24) is 19.9 Å². The van der Waals surface area contributed by atoms with E-state index in [0.29, 0.717) is 11.6 Å². The molecule has 0 radical (unpaired) electrons. The third-order valence-electron chi connectivity index (χ3n) is 7.48. The molecule has 2 aliphatic rings. The molecular formula is C31H27N5O2. The Labute approximate surface area is 220 Å². The van der Waals surface area contributed by atoms with E-state index < -0.39 is 0 Å². The Morgan fingerprint density at radius 2 is 1.47 bits per heavy atom. The van der Waals surface area contributed by atoms with Gasteiger partial charge in [-0.1, -0.05) is 54.6 Å². The lowest BCUT2D eigenvalue weighted by Crippen LogP contribution is -2.41. The van der Waals surface area contributed by atoms with Crippen molar-refractivity contribution < 1.29 is 4.74 Å². The van der Waals surface area contributed by atoms with Crippen molar-refractivity contribution in [2.75, 3.05) is 18.0 Å². The highest BCUT2D eigenvalue weighted by Crippen LogP contribution is 2.44. The standard InChI is InChI=1S/C31H27N5O2/c37-28-15-14-21-20-33-31(35(22-8-2-1-3-9-22)23-16-18-32-19-17-23)34-30(21)36(28)29-24-10-4-6-12-26(24)38-27-13-7-5-11-25(27)29/h1-15,20,23,29,32H,16-19H2. The van der Waals surface area contributed by atoms with Crippen LogP contribution >= 0.6 is 0 Å². The van der Waals surface area contributed by atoms with Crippen LogP contribution in [-0.2, 0) is 0 Å². The molecule has 0 amide bonds. The van der Waals surface area contributed by atoms with Gasteiger partial charge in [-0.05, 0) is 56.3 Å². The third kappa shape index (κ3) is 3.83. The first kappa shape index (κ1) is 22.7. The molecule has 7 nitrogen and oxygen atoms in total. The third-order valence-corrected chi connectivity index (χ3v) is 7.48. The van der Waals surface area contributed by atoms with Crippen LogP contribution in [0.1, 0.15) is 30.0 Å². The van der Waals surface area contributed by atoms with Crippen LogP contribution in [0, 0.1) is 0 Å². The summed E-state index contributed by atoms with van der Waals surface area (Å²) in [5.41, 5.74) is 3.39. The summed E-state index contributed by atoms with van der Waals surface area (Å²) in [6, 6.07) is 29.4. The van der Waals surface area contributed by atoms with E-state index in [4.69, 9.17) is 14.7 Å². The van der Waals surface area contributed by atoms with Crippen LogP contribution in [0.2, 0.25) is 0 Å². The summed E-state index contributed by atoms with van der Waals surface area (Å²) in [7, 11) is 0. The summed E-state index contributed by atoms with van der Waals surface area (Å²) < 4.78 is 8.02. The van der Waals surface area contributed by atoms with Crippen molar-refractivity contribution in [3.63, 3.8) is 0 Å². The van der Waals surface area contributed by atoms with Crippen LogP contribution in [0.15, 0.2) is 102 Å². The second kappa shape index (κ2) is 9.43. The maximum atomic E-state index is 13.6. The van der Waals surface area contributed by atoms with Crippen LogP contribution in [0.4, 0.5) is 11.6 Å². The Morgan fingerprint density at radius 3 is 2.18 bits per heavy atom. The lowest BCUT2D eigenvalue weighted by Gasteiger charge is -2.35. The molecule has 1 fully saturated rings. The number of pyridine rings is 1. The Balaban J connectivity index is 1.46. The molecule has 2 aromatic heterocycles. The summed E-state index contributed by atoms with van der Waals surface area (Å²) in [5, 5.41) is 4.27. The molecule has 7 heteroatoms. The SMILES string of the molecule is O=c1ccc2cnc(N(c3ccccc3)C3CCNCC3)nc2n1C1c2ccccc2Oc2ccccc21. The molecule has 3 aromatic carbocycles. The minimum absolute atomic E-state index is 0.119. The number of hydrogen-bond donors (Lipinski definition) is 1. The highest BCUT2D eigenvalue weighted by Gasteiger charge is 2.31. The molecule has 7 rings (SSSR count). The molecule has 0 atom stereocenters. The molecule has 1 saturated heterocycles. The number of anilines is 2. The highest BCUT2D eigenvalue weighted by atomic mass is 16.5. The molecule has 1 N–H and O–H groups in total. The first-order valence-corrected chi connectivity index (χ1v) is 13.1. The van der Waals surface area contributed by atoms with Crippen LogP contribution in [-0.4, -0.2) is 33.7 Å². The number of para-hydroxylation sites is 3. The molecule has 5 aromatic rings. The number of fused-ring (bicyclic) bond motifs is 3. The van der Waals surface area contributed by atoms with E-state index in [1.807, 2.05) is 79.0 Å². The molecular weight excluding hydrogens is 474 g/mol. The molecule has 4 heterocycles. The number of nitrogens with zero attached hydrogens (tertiary/aromatic N) is 4. The summed E-state index contributed by atoms with van der Waals surface area (Å²) in [5.74, 6) is 2.09. The maximum absolute atomic E-state index is 13.6. The zero-order valence-electron chi connectivity index (χ0n) is 20.8. The fourth-order valence-electron chi connectivity index (χ4n) is 5.70. The Kier molecular flexibility index (Phi) is 5.63. The number of benzene rings is 3. The lowest BCUT2D eigenvalue weighted by atomic mass is 9.94. The van der Waals surface area contributed by atoms with Crippen LogP contribution < -0.4 is 20.5 Å². The first-order valence-electron chi connectivity index (χ1n) is 13.1. The van der Waals surface area contributed by atoms with Gasteiger partial charge in [0.05, 0.1) is 6.04 Å². The number of piperidine rings is 1. The van der Waals surface area contributed by atoms with E-state index in [1.54, 1.807) is 10.6 Å². The summed E-state index contributed by atoms with van der Waals surface area (Å²) >= 11 is 0. The van der Waals surface area contributed by atoms with Gasteiger partial charge < -0.3 is 15.0 Å². The predicted molar refractivity (Wildman–Crippen MR) is 148 cm³/mol. The fraction of sp³-hybridized carbons (Fsp3) is 0.194. The van der Waals surface area contributed by atoms with Crippen LogP contribution in [0.5, 0.6) is 11.5 Å². The predicted octanol–water partition coefficient (Wildman–Crippen LogP) is 5.43. The van der Waals surface area contributed by atoms with Gasteiger partial charge in [0.15, 0.2) is 0 Å². The molecule has 0 unspecified atom stereocenters. The number of rotatable bonds is 4. The van der Waals surface area contributed by atoms with Crippen molar-refractivity contribution >= 4 is 22.7 Å². The number of nitrogens with one attached hydrogen (secondary N) is 1. The molecule has 38 heavy (non-hydrogen) atoms. The number of hydrogen-bond acceptors (Lipinski definition) is 6. The topological polar surface area (TPSA) is 72.3 Å². The van der Waals surface area contributed by atoms with E-state index in [1.165, 1.54) is 0 Å². The second-order valence-corrected chi connectivity index (χ2v) is 9.76. The van der Waals surface area contributed by atoms with Gasteiger partial charge in [0.1, 0.15) is 17.1 Å². The molecule has 0 saturated carbocycles. The second-order valence-electron chi connectivity index (χ2n) is 9.76. The monoisotopic (exact) mass is 501 g/mol. The molecule has 0 aliphatic carbocycles. The summed E-state index contributed by atoms with van der Waals surface area (Å²) in [6.07, 6.45) is 3.80. The van der Waals surface area contributed by atoms with E-state index >= 15 is 0 Å². The van der Waals surface area contributed by atoms with E-state index in [0.717, 1.165) is 59.6 Å². The molecule has 2 aliphatic heterocycles. The minimum Gasteiger partial charge on any atom is -0.457 e. The van der Waals surface area contributed by atoms with Gasteiger partial charge in [0.2, 0.25) is 5.95 Å². The zero-order chi connectivity index (χ0) is 25.5. The van der Waals surface area contributed by atoms with Crippen molar-refractivity contribution in [2.45, 2.75) is 24.9 Å². The average molecular weight is 502 g/mol. The van der Waals surface area contributed by atoms with Gasteiger partial charge in [-0.2, -0.15) is 4.98 Å². The van der Waals surface area contributed by atoms with E-state index in [-0.39, 0.29) is 17.6 Å². The van der Waals surface area contributed by atoms with Crippen molar-refractivity contribution in [3.8, 4) is 11.5 Å². The van der Waals surface area contributed by atoms with Gasteiger partial charge in [-0.25, -0.2) is 4.98 Å². The van der Waals surface area contributed by atoms with Gasteiger partial charge in [0.25, 0.3) is 5.56 Å². The van der Waals surface area contributed by atoms with Gasteiger partial charge in [0, 0.05) is 40.5 Å². The maximum Gasteiger partial charge on any atom is 0.253 e. The Bertz CT molecular complexity index is 1630. The normalized spacial score (nSPS) is 15.5. The Morgan fingerprint density at radius 1 is 0.816 bits per heavy atom. The van der Waals surface area contributed by atoms with Crippen LogP contribution in [0.25, 0.3) is 11.0 Å². The summed E-state index contributed by atoms with van der Waals surface area (Å²) in [6.45, 7) is 1.89. The smallest absolute Gasteiger partial charge is 0.253 e. The fourth-order valence-corrected chi connectivity index (χ4v) is 5.70. The van der Waals surface area contributed by atoms with Gasteiger partial charge in [-0.15, -0.1) is 0 Å². The lowest BCUT2D eigenvalue weighted by molar-refractivity contribution is 0.434. The Hall–Kier alpha value is -4.49. The molecule has 0 spiro atoms. The first-order chi connectivity index (χ1) is 18.8. The minimum atomic E-state index is -0.376. The number of aromatic nitrogens is 3. The van der Waals surface area contributed by atoms with Gasteiger partial charge >= 0.3 is 0 Å². The summed E-state index contributed by atoms with van der Waals surface area (Å²) in [4.78, 5) is 25.8. The number of ether oxygens (including phenoxy) is 1. The average Bonchev–Trinajstić information content (AvgIpc) is 2.97. The molecule has 188 valence electrons. The quantitative estimate of drug-likeness (QED) is 0.348. The largest absolute Gasteiger partial charge is 0.457 e. The molecule has 0 bridgehead atoms. The zero-order valence-corrected chi connectivity index (χ0v) is 20.8. The van der Waals surface area contributed by atoms with Crippen molar-refractivity contribution in [1.29, 1.82) is 0 Å². The van der Waals surface area contributed by atoms with Crippen molar-refractivity contribution in [2.24, 2.45) is 0 Å². The highest BCUT2D eigenvalue weighted by molar-refractivity contribution is 5.77.